The Morgan fingerprint density at radius 2 is 1.68 bits per heavy atom. The van der Waals surface area contributed by atoms with Crippen LogP contribution in [-0.4, -0.2) is 47.9 Å². The van der Waals surface area contributed by atoms with Gasteiger partial charge in [-0.1, -0.05) is 42.5 Å². The molecule has 2 N–H and O–H groups in total. The van der Waals surface area contributed by atoms with Crippen LogP contribution in [0.4, 0.5) is 5.82 Å². The fraction of sp³-hybridized carbons (Fsp3) is 0.227. The van der Waals surface area contributed by atoms with E-state index in [1.807, 2.05) is 30.3 Å². The van der Waals surface area contributed by atoms with Gasteiger partial charge in [-0.25, -0.2) is 27.5 Å². The minimum atomic E-state index is -3.46. The Kier molecular flexibility index (Phi) is 6.98. The highest BCUT2D eigenvalue weighted by atomic mass is 32.2. The lowest BCUT2D eigenvalue weighted by atomic mass is 10.1. The molecule has 0 saturated carbocycles. The molecule has 162 valence electrons. The quantitative estimate of drug-likeness (QED) is 0.526. The van der Waals surface area contributed by atoms with Gasteiger partial charge in [0.15, 0.2) is 0 Å². The Labute approximate surface area is 181 Å². The third-order valence-electron chi connectivity index (χ3n) is 4.71. The van der Waals surface area contributed by atoms with Crippen LogP contribution in [0.3, 0.4) is 0 Å². The molecule has 0 fully saturated rings. The standard InChI is InChI=1S/C22H24N4O4S/c1-26(2)31(29,30)18-11-8-16(9-12-18)10-13-20-23-15-19(22(27)28)21(25-20)24-14-17-6-4-3-5-7-17/h3-9,11-12,15H,10,13-14H2,1-2H3,(H,27,28)(H,23,24,25). The fourth-order valence-corrected chi connectivity index (χ4v) is 3.81. The predicted octanol–water partition coefficient (Wildman–Crippen LogP) is 2.82. The molecular weight excluding hydrogens is 416 g/mol. The molecule has 0 spiro atoms. The molecule has 9 heteroatoms. The largest absolute Gasteiger partial charge is 0.477 e. The van der Waals surface area contributed by atoms with Crippen LogP contribution in [0.5, 0.6) is 0 Å². The summed E-state index contributed by atoms with van der Waals surface area (Å²) in [5.74, 6) is -0.320. The normalized spacial score (nSPS) is 11.5. The maximum atomic E-state index is 12.2. The SMILES string of the molecule is CN(C)S(=O)(=O)c1ccc(CCc2ncc(C(=O)O)c(NCc3ccccc3)n2)cc1. The molecule has 3 aromatic rings. The number of carboxylic acid groups (broad SMARTS) is 1. The molecule has 0 bridgehead atoms. The van der Waals surface area contributed by atoms with E-state index in [-0.39, 0.29) is 16.3 Å². The number of sulfonamides is 1. The highest BCUT2D eigenvalue weighted by molar-refractivity contribution is 7.89. The molecule has 0 amide bonds. The smallest absolute Gasteiger partial charge is 0.341 e. The number of nitrogens with zero attached hydrogens (tertiary/aromatic N) is 3. The van der Waals surface area contributed by atoms with Gasteiger partial charge in [-0.05, 0) is 29.7 Å². The first-order chi connectivity index (χ1) is 14.8. The summed E-state index contributed by atoms with van der Waals surface area (Å²) in [6.07, 6.45) is 2.39. The molecule has 0 aliphatic rings. The van der Waals surface area contributed by atoms with E-state index >= 15 is 0 Å². The van der Waals surface area contributed by atoms with Crippen LogP contribution in [0.15, 0.2) is 65.7 Å². The van der Waals surface area contributed by atoms with E-state index < -0.39 is 16.0 Å². The van der Waals surface area contributed by atoms with E-state index in [1.54, 1.807) is 24.3 Å². The number of hydrogen-bond acceptors (Lipinski definition) is 6. The molecule has 0 atom stereocenters. The number of hydrogen-bond donors (Lipinski definition) is 2. The summed E-state index contributed by atoms with van der Waals surface area (Å²) in [6, 6.07) is 16.3. The van der Waals surface area contributed by atoms with Crippen molar-refractivity contribution in [2.24, 2.45) is 0 Å². The van der Waals surface area contributed by atoms with E-state index in [0.29, 0.717) is 25.2 Å². The Morgan fingerprint density at radius 1 is 1.00 bits per heavy atom. The second-order valence-corrected chi connectivity index (χ2v) is 9.28. The van der Waals surface area contributed by atoms with E-state index in [0.717, 1.165) is 11.1 Å². The minimum absolute atomic E-state index is 0.0120. The van der Waals surface area contributed by atoms with Crippen LogP contribution in [0.25, 0.3) is 0 Å². The number of aryl methyl sites for hydroxylation is 2. The van der Waals surface area contributed by atoms with Crippen molar-refractivity contribution in [3.63, 3.8) is 0 Å². The zero-order chi connectivity index (χ0) is 22.4. The number of carbonyl (C=O) groups is 1. The van der Waals surface area contributed by atoms with Gasteiger partial charge >= 0.3 is 5.97 Å². The van der Waals surface area contributed by atoms with Gasteiger partial charge in [-0.15, -0.1) is 0 Å². The van der Waals surface area contributed by atoms with Crippen molar-refractivity contribution >= 4 is 21.8 Å². The summed E-state index contributed by atoms with van der Waals surface area (Å²) >= 11 is 0. The van der Waals surface area contributed by atoms with Gasteiger partial charge in [0, 0.05) is 33.3 Å². The first-order valence-corrected chi connectivity index (χ1v) is 11.1. The number of benzene rings is 2. The maximum Gasteiger partial charge on any atom is 0.341 e. The number of carboxylic acids is 1. The summed E-state index contributed by atoms with van der Waals surface area (Å²) in [7, 11) is -0.482. The number of aromatic carboxylic acids is 1. The van der Waals surface area contributed by atoms with Crippen LogP contribution >= 0.6 is 0 Å². The van der Waals surface area contributed by atoms with Gasteiger partial charge in [0.1, 0.15) is 17.2 Å². The monoisotopic (exact) mass is 440 g/mol. The molecule has 0 unspecified atom stereocenters. The highest BCUT2D eigenvalue weighted by Gasteiger charge is 2.17. The van der Waals surface area contributed by atoms with Gasteiger partial charge in [0.25, 0.3) is 0 Å². The Morgan fingerprint density at radius 3 is 2.29 bits per heavy atom. The molecule has 31 heavy (non-hydrogen) atoms. The third-order valence-corrected chi connectivity index (χ3v) is 6.54. The van der Waals surface area contributed by atoms with E-state index in [9.17, 15) is 18.3 Å². The summed E-state index contributed by atoms with van der Waals surface area (Å²) in [4.78, 5) is 20.3. The Balaban J connectivity index is 1.71. The molecular formula is C22H24N4O4S. The zero-order valence-electron chi connectivity index (χ0n) is 17.3. The maximum absolute atomic E-state index is 12.2. The van der Waals surface area contributed by atoms with Crippen LogP contribution in [0, 0.1) is 0 Å². The number of aromatic nitrogens is 2. The second kappa shape index (κ2) is 9.67. The van der Waals surface area contributed by atoms with E-state index in [4.69, 9.17) is 0 Å². The molecule has 0 radical (unpaired) electrons. The number of anilines is 1. The molecule has 2 aromatic carbocycles. The summed E-state index contributed by atoms with van der Waals surface area (Å²) < 4.78 is 25.5. The Bertz CT molecular complexity index is 1150. The third kappa shape index (κ3) is 5.65. The van der Waals surface area contributed by atoms with E-state index in [2.05, 4.69) is 15.3 Å². The van der Waals surface area contributed by atoms with Crippen molar-refractivity contribution in [1.82, 2.24) is 14.3 Å². The number of nitrogens with one attached hydrogen (secondary N) is 1. The average Bonchev–Trinajstić information content (AvgIpc) is 2.77. The molecule has 8 nitrogen and oxygen atoms in total. The molecule has 0 saturated heterocycles. The van der Waals surface area contributed by atoms with E-state index in [1.165, 1.54) is 24.6 Å². The zero-order valence-corrected chi connectivity index (χ0v) is 18.1. The summed E-state index contributed by atoms with van der Waals surface area (Å²) in [6.45, 7) is 0.444. The van der Waals surface area contributed by atoms with Crippen molar-refractivity contribution in [1.29, 1.82) is 0 Å². The van der Waals surface area contributed by atoms with Crippen molar-refractivity contribution in [2.75, 3.05) is 19.4 Å². The molecule has 0 aliphatic carbocycles. The lowest BCUT2D eigenvalue weighted by molar-refractivity contribution is 0.0697. The lowest BCUT2D eigenvalue weighted by Crippen LogP contribution is -2.22. The molecule has 1 heterocycles. The van der Waals surface area contributed by atoms with Crippen molar-refractivity contribution in [3.8, 4) is 0 Å². The van der Waals surface area contributed by atoms with Gasteiger partial charge in [0.2, 0.25) is 10.0 Å². The van der Waals surface area contributed by atoms with Gasteiger partial charge in [0.05, 0.1) is 4.90 Å². The molecule has 3 rings (SSSR count). The van der Waals surface area contributed by atoms with Gasteiger partial charge in [-0.2, -0.15) is 0 Å². The average molecular weight is 441 g/mol. The molecule has 1 aromatic heterocycles. The van der Waals surface area contributed by atoms with Crippen molar-refractivity contribution in [3.05, 3.63) is 83.3 Å². The van der Waals surface area contributed by atoms with Gasteiger partial charge < -0.3 is 10.4 Å². The second-order valence-electron chi connectivity index (χ2n) is 7.12. The first-order valence-electron chi connectivity index (χ1n) is 9.66. The van der Waals surface area contributed by atoms with Crippen LogP contribution in [-0.2, 0) is 29.4 Å². The minimum Gasteiger partial charge on any atom is -0.477 e. The topological polar surface area (TPSA) is 112 Å². The van der Waals surface area contributed by atoms with Crippen molar-refractivity contribution in [2.45, 2.75) is 24.3 Å². The summed E-state index contributed by atoms with van der Waals surface area (Å²) in [5.41, 5.74) is 1.95. The number of rotatable bonds is 9. The van der Waals surface area contributed by atoms with Crippen LogP contribution in [0.1, 0.15) is 27.3 Å². The summed E-state index contributed by atoms with van der Waals surface area (Å²) in [5, 5.41) is 12.5. The van der Waals surface area contributed by atoms with Crippen molar-refractivity contribution < 1.29 is 18.3 Å². The van der Waals surface area contributed by atoms with Gasteiger partial charge in [-0.3, -0.25) is 0 Å². The molecule has 0 aliphatic heterocycles. The van der Waals surface area contributed by atoms with Crippen LogP contribution < -0.4 is 5.32 Å². The Hall–Kier alpha value is -3.30. The fourth-order valence-electron chi connectivity index (χ4n) is 2.91. The van der Waals surface area contributed by atoms with Crippen LogP contribution in [0.2, 0.25) is 0 Å². The lowest BCUT2D eigenvalue weighted by Gasteiger charge is -2.12. The predicted molar refractivity (Wildman–Crippen MR) is 117 cm³/mol. The highest BCUT2D eigenvalue weighted by Crippen LogP contribution is 2.17. The first kappa shape index (κ1) is 22.4.